The summed E-state index contributed by atoms with van der Waals surface area (Å²) in [5, 5.41) is 0. The maximum atomic E-state index is 12.8. The van der Waals surface area contributed by atoms with Gasteiger partial charge in [0.15, 0.2) is 5.78 Å². The Balaban J connectivity index is 1.73. The third-order valence-corrected chi connectivity index (χ3v) is 4.52. The molecular formula is C18H13NO3. The average molecular weight is 291 g/mol. The second-order valence-corrected chi connectivity index (χ2v) is 5.74. The van der Waals surface area contributed by atoms with Crippen molar-refractivity contribution in [3.63, 3.8) is 0 Å². The Bertz CT molecular complexity index is 784. The summed E-state index contributed by atoms with van der Waals surface area (Å²) in [7, 11) is 0. The lowest BCUT2D eigenvalue weighted by Gasteiger charge is -2.18. The van der Waals surface area contributed by atoms with Crippen LogP contribution in [-0.2, 0) is 9.59 Å². The summed E-state index contributed by atoms with van der Waals surface area (Å²) in [6.45, 7) is 0. The molecule has 1 saturated carbocycles. The van der Waals surface area contributed by atoms with E-state index in [-0.39, 0.29) is 17.6 Å². The van der Waals surface area contributed by atoms with Crippen LogP contribution in [0.1, 0.15) is 16.8 Å². The van der Waals surface area contributed by atoms with Gasteiger partial charge in [-0.3, -0.25) is 14.4 Å². The Morgan fingerprint density at radius 2 is 1.55 bits per heavy atom. The van der Waals surface area contributed by atoms with Crippen LogP contribution in [0.15, 0.2) is 60.7 Å². The zero-order valence-corrected chi connectivity index (χ0v) is 11.7. The first-order chi connectivity index (χ1) is 10.7. The molecule has 2 aromatic carbocycles. The summed E-state index contributed by atoms with van der Waals surface area (Å²) in [5.41, 5.74) is -0.153. The van der Waals surface area contributed by atoms with E-state index in [0.717, 1.165) is 4.90 Å². The zero-order chi connectivity index (χ0) is 15.3. The third-order valence-electron chi connectivity index (χ3n) is 4.52. The summed E-state index contributed by atoms with van der Waals surface area (Å²) >= 11 is 0. The highest BCUT2D eigenvalue weighted by molar-refractivity contribution is 6.36. The number of nitrogens with zero attached hydrogens (tertiary/aromatic N) is 1. The van der Waals surface area contributed by atoms with Crippen molar-refractivity contribution in [1.82, 2.24) is 0 Å². The van der Waals surface area contributed by atoms with Crippen molar-refractivity contribution >= 4 is 23.3 Å². The highest BCUT2D eigenvalue weighted by Gasteiger charge is 2.75. The van der Waals surface area contributed by atoms with Gasteiger partial charge in [0.25, 0.3) is 0 Å². The fourth-order valence-corrected chi connectivity index (χ4v) is 3.27. The smallest absolute Gasteiger partial charge is 0.248 e. The lowest BCUT2D eigenvalue weighted by molar-refractivity contribution is -0.124. The summed E-state index contributed by atoms with van der Waals surface area (Å²) in [6.07, 6.45) is 0.335. The molecule has 0 radical (unpaired) electrons. The second kappa shape index (κ2) is 4.37. The minimum Gasteiger partial charge on any atom is -0.293 e. The van der Waals surface area contributed by atoms with Gasteiger partial charge in [0.1, 0.15) is 5.41 Å². The molecule has 2 fully saturated rings. The number of fused-ring (bicyclic) bond motifs is 1. The molecule has 1 aliphatic heterocycles. The largest absolute Gasteiger partial charge is 0.293 e. The van der Waals surface area contributed by atoms with Crippen LogP contribution < -0.4 is 4.90 Å². The molecule has 0 N–H and O–H groups in total. The minimum atomic E-state index is -1.17. The first-order valence-corrected chi connectivity index (χ1v) is 7.19. The molecule has 22 heavy (non-hydrogen) atoms. The Labute approximate surface area is 127 Å². The highest BCUT2D eigenvalue weighted by Crippen LogP contribution is 2.61. The number of imide groups is 1. The van der Waals surface area contributed by atoms with E-state index >= 15 is 0 Å². The number of ketones is 1. The number of benzene rings is 2. The number of carbonyl (C=O) groups is 3. The Morgan fingerprint density at radius 1 is 0.955 bits per heavy atom. The van der Waals surface area contributed by atoms with Gasteiger partial charge < -0.3 is 0 Å². The van der Waals surface area contributed by atoms with Crippen LogP contribution in [0.4, 0.5) is 5.69 Å². The van der Waals surface area contributed by atoms with Gasteiger partial charge in [-0.15, -0.1) is 0 Å². The minimum absolute atomic E-state index is 0.241. The van der Waals surface area contributed by atoms with Gasteiger partial charge in [-0.25, -0.2) is 4.90 Å². The van der Waals surface area contributed by atoms with E-state index in [0.29, 0.717) is 17.7 Å². The van der Waals surface area contributed by atoms with Crippen LogP contribution in [0.25, 0.3) is 0 Å². The van der Waals surface area contributed by atoms with Crippen molar-refractivity contribution in [2.75, 3.05) is 4.90 Å². The Hall–Kier alpha value is -2.75. The fourth-order valence-electron chi connectivity index (χ4n) is 3.27. The van der Waals surface area contributed by atoms with Gasteiger partial charge >= 0.3 is 0 Å². The van der Waals surface area contributed by atoms with E-state index in [9.17, 15) is 14.4 Å². The number of hydrogen-bond donors (Lipinski definition) is 0. The van der Waals surface area contributed by atoms with Gasteiger partial charge in [-0.05, 0) is 18.6 Å². The monoisotopic (exact) mass is 291 g/mol. The summed E-state index contributed by atoms with van der Waals surface area (Å²) in [6, 6.07) is 17.5. The highest BCUT2D eigenvalue weighted by atomic mass is 16.2. The topological polar surface area (TPSA) is 54.5 Å². The molecule has 2 atom stereocenters. The fraction of sp³-hybridized carbons (Fsp3) is 0.167. The number of Topliss-reactive ketones (excluding diaryl/α,β-unsaturated/α-hetero) is 1. The molecule has 108 valence electrons. The van der Waals surface area contributed by atoms with Crippen molar-refractivity contribution in [3.8, 4) is 0 Å². The predicted octanol–water partition coefficient (Wildman–Crippen LogP) is 2.45. The first kappa shape index (κ1) is 13.0. The molecule has 2 aliphatic rings. The van der Waals surface area contributed by atoms with E-state index in [1.54, 1.807) is 48.5 Å². The molecule has 4 heteroatoms. The normalized spacial score (nSPS) is 26.0. The van der Waals surface area contributed by atoms with Crippen molar-refractivity contribution in [3.05, 3.63) is 66.2 Å². The Morgan fingerprint density at radius 3 is 2.18 bits per heavy atom. The van der Waals surface area contributed by atoms with Gasteiger partial charge in [0.05, 0.1) is 11.6 Å². The number of anilines is 1. The van der Waals surface area contributed by atoms with Crippen molar-refractivity contribution in [2.45, 2.75) is 6.42 Å². The lowest BCUT2D eigenvalue weighted by atomic mass is 9.93. The van der Waals surface area contributed by atoms with E-state index in [4.69, 9.17) is 0 Å². The molecule has 4 rings (SSSR count). The predicted molar refractivity (Wildman–Crippen MR) is 80.2 cm³/mol. The molecule has 1 heterocycles. The van der Waals surface area contributed by atoms with Gasteiger partial charge in [0.2, 0.25) is 11.8 Å². The molecule has 2 aromatic rings. The number of para-hydroxylation sites is 1. The summed E-state index contributed by atoms with van der Waals surface area (Å²) in [5.74, 6) is -1.40. The number of carbonyl (C=O) groups excluding carboxylic acids is 3. The molecule has 1 saturated heterocycles. The molecule has 0 unspecified atom stereocenters. The Kier molecular flexibility index (Phi) is 2.57. The van der Waals surface area contributed by atoms with Crippen molar-refractivity contribution in [2.24, 2.45) is 11.3 Å². The second-order valence-electron chi connectivity index (χ2n) is 5.74. The van der Waals surface area contributed by atoms with Gasteiger partial charge in [-0.2, -0.15) is 0 Å². The average Bonchev–Trinajstić information content (AvgIpc) is 3.28. The van der Waals surface area contributed by atoms with E-state index in [1.807, 2.05) is 12.1 Å². The van der Waals surface area contributed by atoms with E-state index < -0.39 is 11.3 Å². The summed E-state index contributed by atoms with van der Waals surface area (Å²) < 4.78 is 0. The van der Waals surface area contributed by atoms with E-state index in [1.165, 1.54) is 0 Å². The molecule has 4 nitrogen and oxygen atoms in total. The molecule has 1 aliphatic carbocycles. The summed E-state index contributed by atoms with van der Waals surface area (Å²) in [4.78, 5) is 39.1. The lowest BCUT2D eigenvalue weighted by Crippen LogP contribution is -2.37. The number of rotatable bonds is 3. The van der Waals surface area contributed by atoms with Crippen LogP contribution in [0, 0.1) is 11.3 Å². The molecule has 0 spiro atoms. The van der Waals surface area contributed by atoms with Gasteiger partial charge in [-0.1, -0.05) is 48.5 Å². The molecular weight excluding hydrogens is 278 g/mol. The van der Waals surface area contributed by atoms with E-state index in [2.05, 4.69) is 0 Å². The quantitative estimate of drug-likeness (QED) is 0.496. The van der Waals surface area contributed by atoms with Crippen LogP contribution >= 0.6 is 0 Å². The van der Waals surface area contributed by atoms with Crippen molar-refractivity contribution < 1.29 is 14.4 Å². The van der Waals surface area contributed by atoms with Gasteiger partial charge in [0, 0.05) is 5.56 Å². The third kappa shape index (κ3) is 1.55. The first-order valence-electron chi connectivity index (χ1n) is 7.19. The SMILES string of the molecule is O=C1[C@H]2C[C@@]2(C(=O)c2ccccc2)C(=O)N1c1ccccc1. The van der Waals surface area contributed by atoms with Crippen LogP contribution in [0.5, 0.6) is 0 Å². The maximum absolute atomic E-state index is 12.8. The molecule has 2 amide bonds. The van der Waals surface area contributed by atoms with Crippen molar-refractivity contribution in [1.29, 1.82) is 0 Å². The standard InChI is InChI=1S/C18H13NO3/c20-15(12-7-3-1-4-8-12)18-11-14(18)16(21)19(17(18)22)13-9-5-2-6-10-13/h1-10,14H,11H2/t14-,18-/m1/s1. The number of hydrogen-bond acceptors (Lipinski definition) is 3. The van der Waals surface area contributed by atoms with Crippen LogP contribution in [0.3, 0.4) is 0 Å². The maximum Gasteiger partial charge on any atom is 0.248 e. The number of piperidine rings is 1. The molecule has 0 bridgehead atoms. The van der Waals surface area contributed by atoms with Crippen LogP contribution in [-0.4, -0.2) is 17.6 Å². The number of amides is 2. The zero-order valence-electron chi connectivity index (χ0n) is 11.7. The van der Waals surface area contributed by atoms with Crippen LogP contribution in [0.2, 0.25) is 0 Å². The molecule has 0 aromatic heterocycles.